The van der Waals surface area contributed by atoms with Crippen LogP contribution in [0.25, 0.3) is 0 Å². The van der Waals surface area contributed by atoms with Gasteiger partial charge in [-0.15, -0.1) is 0 Å². The Morgan fingerprint density at radius 1 is 0.875 bits per heavy atom. The Labute approximate surface area is 222 Å². The topological polar surface area (TPSA) is 55.8 Å². The highest BCUT2D eigenvalue weighted by Crippen LogP contribution is 2.50. The van der Waals surface area contributed by atoms with Crippen molar-refractivity contribution in [1.82, 2.24) is 0 Å². The van der Waals surface area contributed by atoms with Crippen LogP contribution < -0.4 is 4.90 Å². The van der Waals surface area contributed by atoms with Gasteiger partial charge < -0.3 is 9.47 Å². The van der Waals surface area contributed by atoms with Gasteiger partial charge in [0.1, 0.15) is 0 Å². The van der Waals surface area contributed by atoms with E-state index < -0.39 is 70.7 Å². The maximum Gasteiger partial charge on any atom is 0.416 e. The number of amides is 1. The minimum absolute atomic E-state index is 0.0829. The summed E-state index contributed by atoms with van der Waals surface area (Å²) in [5, 5.41) is 0. The Kier molecular flexibility index (Phi) is 8.70. The second-order valence-corrected chi connectivity index (χ2v) is 9.08. The first-order valence-electron chi connectivity index (χ1n) is 12.0. The second-order valence-electron chi connectivity index (χ2n) is 9.08. The molecule has 0 N–H and O–H groups in total. The molecule has 0 bridgehead atoms. The van der Waals surface area contributed by atoms with E-state index in [2.05, 4.69) is 0 Å². The fraction of sp³-hybridized carbons (Fsp3) is 0.462. The van der Waals surface area contributed by atoms with Gasteiger partial charge in [-0.25, -0.2) is 4.79 Å². The van der Waals surface area contributed by atoms with Gasteiger partial charge in [-0.05, 0) is 67.3 Å². The van der Waals surface area contributed by atoms with Crippen LogP contribution in [0.3, 0.4) is 0 Å². The van der Waals surface area contributed by atoms with Crippen molar-refractivity contribution in [1.29, 1.82) is 0 Å². The number of ether oxygens (including phenoxy) is 2. The van der Waals surface area contributed by atoms with Crippen molar-refractivity contribution >= 4 is 17.7 Å². The van der Waals surface area contributed by atoms with Crippen LogP contribution in [0.5, 0.6) is 0 Å². The standard InChI is InChI=1S/C26H24F9NO4/c1-4-17-12-19(18-11-14(24(27,28)29)6-7-20(18)36(17)23(38)40-5-2)21(22(37)39-3)13-8-15(25(30,31)32)10-16(9-13)26(33,34)35/h6-11,17,19,21H,4-5,12H2,1-3H3. The van der Waals surface area contributed by atoms with Crippen LogP contribution in [0.15, 0.2) is 36.4 Å². The third kappa shape index (κ3) is 6.30. The number of fused-ring (bicyclic) bond motifs is 1. The molecule has 1 amide bonds. The van der Waals surface area contributed by atoms with Crippen LogP contribution in [0.4, 0.5) is 50.0 Å². The molecule has 3 atom stereocenters. The summed E-state index contributed by atoms with van der Waals surface area (Å²) in [6, 6.07) is 2.03. The lowest BCUT2D eigenvalue weighted by molar-refractivity contribution is -0.146. The zero-order valence-electron chi connectivity index (χ0n) is 21.3. The zero-order chi connectivity index (χ0) is 30.2. The minimum Gasteiger partial charge on any atom is -0.469 e. The molecule has 0 aromatic heterocycles. The van der Waals surface area contributed by atoms with E-state index in [0.29, 0.717) is 24.3 Å². The van der Waals surface area contributed by atoms with Crippen molar-refractivity contribution in [3.8, 4) is 0 Å². The number of carbonyl (C=O) groups excluding carboxylic acids is 2. The average molecular weight is 585 g/mol. The smallest absolute Gasteiger partial charge is 0.416 e. The molecule has 1 aliphatic heterocycles. The number of nitrogens with zero attached hydrogens (tertiary/aromatic N) is 1. The van der Waals surface area contributed by atoms with E-state index in [1.807, 2.05) is 0 Å². The fourth-order valence-corrected chi connectivity index (χ4v) is 4.89. The Morgan fingerprint density at radius 3 is 1.88 bits per heavy atom. The van der Waals surface area contributed by atoms with Crippen molar-refractivity contribution in [2.45, 2.75) is 63.1 Å². The summed E-state index contributed by atoms with van der Waals surface area (Å²) < 4.78 is 132. The third-order valence-electron chi connectivity index (χ3n) is 6.67. The number of rotatable bonds is 5. The van der Waals surface area contributed by atoms with E-state index in [-0.39, 0.29) is 36.8 Å². The molecule has 0 saturated heterocycles. The lowest BCUT2D eigenvalue weighted by Gasteiger charge is -2.42. The van der Waals surface area contributed by atoms with Crippen LogP contribution in [-0.4, -0.2) is 31.8 Å². The van der Waals surface area contributed by atoms with E-state index in [4.69, 9.17) is 9.47 Å². The van der Waals surface area contributed by atoms with Gasteiger partial charge in [-0.1, -0.05) is 6.92 Å². The Balaban J connectivity index is 2.36. The van der Waals surface area contributed by atoms with Gasteiger partial charge in [0.05, 0.1) is 42.0 Å². The van der Waals surface area contributed by atoms with E-state index in [0.717, 1.165) is 18.1 Å². The molecule has 3 rings (SSSR count). The molecule has 5 nitrogen and oxygen atoms in total. The summed E-state index contributed by atoms with van der Waals surface area (Å²) in [6.45, 7) is 3.03. The van der Waals surface area contributed by atoms with Crippen molar-refractivity contribution in [3.05, 3.63) is 64.2 Å². The normalized spacial score (nSPS) is 18.6. The molecule has 2 aromatic rings. The molecular formula is C26H24F9NO4. The summed E-state index contributed by atoms with van der Waals surface area (Å²) >= 11 is 0. The van der Waals surface area contributed by atoms with Crippen LogP contribution >= 0.6 is 0 Å². The summed E-state index contributed by atoms with van der Waals surface area (Å²) in [6.07, 6.45) is -16.4. The Bertz CT molecular complexity index is 1220. The van der Waals surface area contributed by atoms with Gasteiger partial charge in [-0.3, -0.25) is 9.69 Å². The number of benzene rings is 2. The lowest BCUT2D eigenvalue weighted by Crippen LogP contribution is -2.46. The van der Waals surface area contributed by atoms with Crippen molar-refractivity contribution < 1.29 is 58.6 Å². The van der Waals surface area contributed by atoms with Crippen molar-refractivity contribution in [2.75, 3.05) is 18.6 Å². The highest BCUT2D eigenvalue weighted by molar-refractivity contribution is 5.91. The predicted molar refractivity (Wildman–Crippen MR) is 124 cm³/mol. The van der Waals surface area contributed by atoms with Gasteiger partial charge in [0.25, 0.3) is 0 Å². The maximum atomic E-state index is 13.7. The maximum absolute atomic E-state index is 13.7. The van der Waals surface area contributed by atoms with E-state index in [1.54, 1.807) is 6.92 Å². The molecule has 3 unspecified atom stereocenters. The van der Waals surface area contributed by atoms with Crippen molar-refractivity contribution in [2.24, 2.45) is 0 Å². The quantitative estimate of drug-likeness (QED) is 0.264. The SMILES string of the molecule is CCOC(=O)N1c2ccc(C(F)(F)F)cc2C(C(C(=O)OC)c2cc(C(F)(F)F)cc(C(F)(F)F)c2)CC1CC. The summed E-state index contributed by atoms with van der Waals surface area (Å²) in [7, 11) is 0.853. The molecule has 0 spiro atoms. The highest BCUT2D eigenvalue weighted by Gasteiger charge is 2.46. The van der Waals surface area contributed by atoms with Gasteiger partial charge in [0.15, 0.2) is 0 Å². The van der Waals surface area contributed by atoms with Crippen LogP contribution in [-0.2, 0) is 32.8 Å². The third-order valence-corrected chi connectivity index (χ3v) is 6.67. The molecule has 0 fully saturated rings. The molecule has 220 valence electrons. The molecular weight excluding hydrogens is 561 g/mol. The number of alkyl halides is 9. The number of hydrogen-bond donors (Lipinski definition) is 0. The Hall–Kier alpha value is -3.45. The first kappa shape index (κ1) is 31.1. The summed E-state index contributed by atoms with van der Waals surface area (Å²) in [4.78, 5) is 26.9. The van der Waals surface area contributed by atoms with Gasteiger partial charge in [0.2, 0.25) is 0 Å². The van der Waals surface area contributed by atoms with Gasteiger partial charge >= 0.3 is 30.6 Å². The first-order valence-corrected chi connectivity index (χ1v) is 12.0. The number of hydrogen-bond acceptors (Lipinski definition) is 4. The molecule has 0 radical (unpaired) electrons. The minimum atomic E-state index is -5.24. The molecule has 1 heterocycles. The van der Waals surface area contributed by atoms with Crippen LogP contribution in [0.2, 0.25) is 0 Å². The Morgan fingerprint density at radius 2 is 1.43 bits per heavy atom. The predicted octanol–water partition coefficient (Wildman–Crippen LogP) is 7.93. The second kappa shape index (κ2) is 11.2. The van der Waals surface area contributed by atoms with E-state index in [9.17, 15) is 49.1 Å². The summed E-state index contributed by atoms with van der Waals surface area (Å²) in [5.41, 5.74) is -5.75. The number of methoxy groups -OCH3 is 1. The highest BCUT2D eigenvalue weighted by atomic mass is 19.4. The lowest BCUT2D eigenvalue weighted by atomic mass is 9.73. The molecule has 2 aromatic carbocycles. The number of esters is 1. The largest absolute Gasteiger partial charge is 0.469 e. The van der Waals surface area contributed by atoms with E-state index in [1.165, 1.54) is 6.92 Å². The fourth-order valence-electron chi connectivity index (χ4n) is 4.89. The molecule has 40 heavy (non-hydrogen) atoms. The molecule has 14 heteroatoms. The van der Waals surface area contributed by atoms with Crippen LogP contribution in [0.1, 0.15) is 66.3 Å². The molecule has 1 aliphatic rings. The van der Waals surface area contributed by atoms with Crippen molar-refractivity contribution in [3.63, 3.8) is 0 Å². The van der Waals surface area contributed by atoms with Gasteiger partial charge in [0, 0.05) is 12.0 Å². The van der Waals surface area contributed by atoms with Crippen LogP contribution in [0, 0.1) is 0 Å². The number of halogens is 9. The number of carbonyl (C=O) groups is 2. The molecule has 0 saturated carbocycles. The monoisotopic (exact) mass is 585 g/mol. The zero-order valence-corrected chi connectivity index (χ0v) is 21.3. The first-order chi connectivity index (χ1) is 18.4. The molecule has 0 aliphatic carbocycles. The average Bonchev–Trinajstić information content (AvgIpc) is 2.86. The number of anilines is 1. The summed E-state index contributed by atoms with van der Waals surface area (Å²) in [5.74, 6) is -4.54. The van der Waals surface area contributed by atoms with E-state index >= 15 is 0 Å². The van der Waals surface area contributed by atoms with Gasteiger partial charge in [-0.2, -0.15) is 39.5 Å².